The third kappa shape index (κ3) is 2.21. The van der Waals surface area contributed by atoms with Crippen molar-refractivity contribution in [3.63, 3.8) is 0 Å². The van der Waals surface area contributed by atoms with Crippen LogP contribution in [0.15, 0.2) is 18.2 Å². The third-order valence-corrected chi connectivity index (χ3v) is 3.36. The predicted molar refractivity (Wildman–Crippen MR) is 61.1 cm³/mol. The Balaban J connectivity index is 1.72. The molecule has 1 aromatic rings. The van der Waals surface area contributed by atoms with E-state index in [2.05, 4.69) is 0 Å². The SMILES string of the molecule is O=C([O-])[C@@H]1CC(=O)N(Cc2ccc3c(c2)OCO3)C1. The molecule has 1 aromatic carbocycles. The number of carboxylic acids is 1. The van der Waals surface area contributed by atoms with Gasteiger partial charge in [-0.15, -0.1) is 0 Å². The molecule has 0 spiro atoms. The number of benzene rings is 1. The van der Waals surface area contributed by atoms with Gasteiger partial charge in [-0.3, -0.25) is 4.79 Å². The third-order valence-electron chi connectivity index (χ3n) is 3.36. The molecule has 6 heteroatoms. The van der Waals surface area contributed by atoms with Crippen LogP contribution in [0.1, 0.15) is 12.0 Å². The van der Waals surface area contributed by atoms with Crippen molar-refractivity contribution in [2.24, 2.45) is 5.92 Å². The molecule has 2 heterocycles. The van der Waals surface area contributed by atoms with E-state index in [1.165, 1.54) is 4.90 Å². The van der Waals surface area contributed by atoms with E-state index in [9.17, 15) is 14.7 Å². The number of ether oxygens (including phenoxy) is 2. The number of rotatable bonds is 3. The van der Waals surface area contributed by atoms with Gasteiger partial charge in [-0.2, -0.15) is 0 Å². The van der Waals surface area contributed by atoms with Crippen LogP contribution in [0.5, 0.6) is 11.5 Å². The monoisotopic (exact) mass is 262 g/mol. The number of hydrogen-bond acceptors (Lipinski definition) is 5. The van der Waals surface area contributed by atoms with Crippen LogP contribution in [0, 0.1) is 5.92 Å². The van der Waals surface area contributed by atoms with Crippen molar-refractivity contribution in [3.05, 3.63) is 23.8 Å². The predicted octanol–water partition coefficient (Wildman–Crippen LogP) is -0.486. The van der Waals surface area contributed by atoms with Gasteiger partial charge in [0, 0.05) is 31.4 Å². The van der Waals surface area contributed by atoms with Gasteiger partial charge in [-0.05, 0) is 17.7 Å². The first-order valence-electron chi connectivity index (χ1n) is 6.00. The topological polar surface area (TPSA) is 78.9 Å². The normalized spacial score (nSPS) is 20.9. The number of hydrogen-bond donors (Lipinski definition) is 0. The van der Waals surface area contributed by atoms with Crippen LogP contribution in [0.3, 0.4) is 0 Å². The maximum absolute atomic E-state index is 11.7. The van der Waals surface area contributed by atoms with Crippen molar-refractivity contribution in [2.45, 2.75) is 13.0 Å². The highest BCUT2D eigenvalue weighted by molar-refractivity contribution is 5.85. The molecule has 0 aromatic heterocycles. The van der Waals surface area contributed by atoms with Crippen molar-refractivity contribution < 1.29 is 24.2 Å². The molecular weight excluding hydrogens is 250 g/mol. The average Bonchev–Trinajstić information content (AvgIpc) is 2.96. The van der Waals surface area contributed by atoms with E-state index in [1.807, 2.05) is 12.1 Å². The fraction of sp³-hybridized carbons (Fsp3) is 0.385. The van der Waals surface area contributed by atoms with Crippen LogP contribution in [0.25, 0.3) is 0 Å². The highest BCUT2D eigenvalue weighted by atomic mass is 16.7. The second-order valence-corrected chi connectivity index (χ2v) is 4.68. The Labute approximate surface area is 109 Å². The zero-order valence-corrected chi connectivity index (χ0v) is 10.1. The Morgan fingerprint density at radius 1 is 1.37 bits per heavy atom. The molecule has 6 nitrogen and oxygen atoms in total. The smallest absolute Gasteiger partial charge is 0.231 e. The van der Waals surface area contributed by atoms with Gasteiger partial charge in [0.2, 0.25) is 12.7 Å². The van der Waals surface area contributed by atoms with E-state index in [1.54, 1.807) is 6.07 Å². The quantitative estimate of drug-likeness (QED) is 0.734. The van der Waals surface area contributed by atoms with E-state index in [0.717, 1.165) is 5.56 Å². The van der Waals surface area contributed by atoms with E-state index < -0.39 is 11.9 Å². The molecule has 0 N–H and O–H groups in total. The number of nitrogens with zero attached hydrogens (tertiary/aromatic N) is 1. The summed E-state index contributed by atoms with van der Waals surface area (Å²) in [7, 11) is 0. The van der Waals surface area contributed by atoms with Gasteiger partial charge in [-0.1, -0.05) is 6.07 Å². The second kappa shape index (κ2) is 4.46. The lowest BCUT2D eigenvalue weighted by atomic mass is 10.1. The minimum atomic E-state index is -1.17. The molecule has 2 aliphatic heterocycles. The zero-order chi connectivity index (χ0) is 13.4. The van der Waals surface area contributed by atoms with Gasteiger partial charge in [0.15, 0.2) is 11.5 Å². The summed E-state index contributed by atoms with van der Waals surface area (Å²) in [5.41, 5.74) is 0.886. The van der Waals surface area contributed by atoms with Crippen LogP contribution < -0.4 is 14.6 Å². The molecule has 0 saturated carbocycles. The molecule has 0 aliphatic carbocycles. The molecule has 1 atom stereocenters. The summed E-state index contributed by atoms with van der Waals surface area (Å²) < 4.78 is 10.5. The number of carboxylic acid groups (broad SMARTS) is 1. The van der Waals surface area contributed by atoms with Gasteiger partial charge in [0.25, 0.3) is 0 Å². The Kier molecular flexibility index (Phi) is 2.77. The first-order chi connectivity index (χ1) is 9.13. The van der Waals surface area contributed by atoms with E-state index in [0.29, 0.717) is 18.0 Å². The molecule has 1 saturated heterocycles. The summed E-state index contributed by atoms with van der Waals surface area (Å²) in [5, 5.41) is 10.8. The van der Waals surface area contributed by atoms with Crippen LogP contribution >= 0.6 is 0 Å². The minimum absolute atomic E-state index is 0.0207. The molecule has 100 valence electrons. The number of fused-ring (bicyclic) bond motifs is 1. The first-order valence-corrected chi connectivity index (χ1v) is 6.00. The summed E-state index contributed by atoms with van der Waals surface area (Å²) in [5.74, 6) is -0.695. The largest absolute Gasteiger partial charge is 0.550 e. The molecule has 2 aliphatic rings. The zero-order valence-electron chi connectivity index (χ0n) is 10.1. The van der Waals surface area contributed by atoms with Crippen molar-refractivity contribution >= 4 is 11.9 Å². The van der Waals surface area contributed by atoms with Crippen molar-refractivity contribution in [1.29, 1.82) is 0 Å². The van der Waals surface area contributed by atoms with Crippen LogP contribution in [0.2, 0.25) is 0 Å². The summed E-state index contributed by atoms with van der Waals surface area (Å²) in [6, 6.07) is 5.43. The van der Waals surface area contributed by atoms with Crippen molar-refractivity contribution in [2.75, 3.05) is 13.3 Å². The van der Waals surface area contributed by atoms with Crippen LogP contribution in [0.4, 0.5) is 0 Å². The Morgan fingerprint density at radius 3 is 2.89 bits per heavy atom. The Morgan fingerprint density at radius 2 is 2.16 bits per heavy atom. The number of likely N-dealkylation sites (tertiary alicyclic amines) is 1. The summed E-state index contributed by atoms with van der Waals surface area (Å²) in [6.07, 6.45) is 0.0207. The fourth-order valence-corrected chi connectivity index (χ4v) is 2.34. The van der Waals surface area contributed by atoms with E-state index in [4.69, 9.17) is 9.47 Å². The lowest BCUT2D eigenvalue weighted by molar-refractivity contribution is -0.311. The molecule has 0 unspecified atom stereocenters. The van der Waals surface area contributed by atoms with Gasteiger partial charge < -0.3 is 24.3 Å². The highest BCUT2D eigenvalue weighted by Gasteiger charge is 2.30. The molecule has 0 bridgehead atoms. The molecule has 3 rings (SSSR count). The van der Waals surface area contributed by atoms with Gasteiger partial charge in [0.1, 0.15) is 0 Å². The molecule has 19 heavy (non-hydrogen) atoms. The molecular formula is C13H12NO5-. The van der Waals surface area contributed by atoms with Gasteiger partial charge in [-0.25, -0.2) is 0 Å². The molecule has 1 amide bonds. The summed E-state index contributed by atoms with van der Waals surface area (Å²) in [4.78, 5) is 24.0. The van der Waals surface area contributed by atoms with Crippen molar-refractivity contribution in [1.82, 2.24) is 4.90 Å². The number of carbonyl (C=O) groups excluding carboxylic acids is 2. The number of aliphatic carboxylic acids is 1. The lowest BCUT2D eigenvalue weighted by Crippen LogP contribution is -2.33. The minimum Gasteiger partial charge on any atom is -0.550 e. The second-order valence-electron chi connectivity index (χ2n) is 4.68. The Hall–Kier alpha value is -2.24. The summed E-state index contributed by atoms with van der Waals surface area (Å²) in [6.45, 7) is 0.781. The molecule has 1 fully saturated rings. The number of carbonyl (C=O) groups is 2. The lowest BCUT2D eigenvalue weighted by Gasteiger charge is -2.17. The maximum atomic E-state index is 11.7. The maximum Gasteiger partial charge on any atom is 0.231 e. The summed E-state index contributed by atoms with van der Waals surface area (Å²) >= 11 is 0. The Bertz CT molecular complexity index is 542. The van der Waals surface area contributed by atoms with Crippen LogP contribution in [-0.2, 0) is 16.1 Å². The average molecular weight is 262 g/mol. The molecule has 0 radical (unpaired) electrons. The standard InChI is InChI=1S/C13H13NO5/c15-12-4-9(13(16)17)6-14(12)5-8-1-2-10-11(3-8)19-7-18-10/h1-3,9H,4-7H2,(H,16,17)/p-1/t9-/m1/s1. The van der Waals surface area contributed by atoms with Crippen molar-refractivity contribution in [3.8, 4) is 11.5 Å². The van der Waals surface area contributed by atoms with E-state index in [-0.39, 0.29) is 25.7 Å². The first kappa shape index (κ1) is 11.8. The van der Waals surface area contributed by atoms with E-state index >= 15 is 0 Å². The van der Waals surface area contributed by atoms with Gasteiger partial charge in [0.05, 0.1) is 0 Å². The van der Waals surface area contributed by atoms with Gasteiger partial charge >= 0.3 is 0 Å². The highest BCUT2D eigenvalue weighted by Crippen LogP contribution is 2.33. The van der Waals surface area contributed by atoms with Crippen LogP contribution in [-0.4, -0.2) is 30.1 Å². The fourth-order valence-electron chi connectivity index (χ4n) is 2.34. The number of amides is 1.